The number of hydrogen-bond donors (Lipinski definition) is 0. The number of ether oxygens (including phenoxy) is 1. The zero-order valence-corrected chi connectivity index (χ0v) is 13.1. The third-order valence-electron chi connectivity index (χ3n) is 3.22. The summed E-state index contributed by atoms with van der Waals surface area (Å²) in [6.45, 7) is 0.572. The summed E-state index contributed by atoms with van der Waals surface area (Å²) in [5, 5.41) is -0.0121. The molecular formula is C12H13Cl3O3S. The first-order chi connectivity index (χ1) is 8.89. The molecule has 0 heterocycles. The van der Waals surface area contributed by atoms with Crippen LogP contribution in [-0.4, -0.2) is 15.0 Å². The zero-order valence-electron chi connectivity index (χ0n) is 10.0. The van der Waals surface area contributed by atoms with Crippen molar-refractivity contribution in [2.24, 2.45) is 5.92 Å². The molecule has 0 N–H and O–H groups in total. The predicted molar refractivity (Wildman–Crippen MR) is 77.0 cm³/mol. The van der Waals surface area contributed by atoms with Crippen LogP contribution in [-0.2, 0) is 9.05 Å². The summed E-state index contributed by atoms with van der Waals surface area (Å²) in [6.07, 6.45) is 4.76. The minimum atomic E-state index is -3.90. The second kappa shape index (κ2) is 6.08. The highest BCUT2D eigenvalue weighted by Gasteiger charge is 2.21. The predicted octanol–water partition coefficient (Wildman–Crippen LogP) is 4.49. The number of halogens is 3. The van der Waals surface area contributed by atoms with Crippen LogP contribution < -0.4 is 4.74 Å². The van der Waals surface area contributed by atoms with Gasteiger partial charge in [0, 0.05) is 10.7 Å². The van der Waals surface area contributed by atoms with Gasteiger partial charge in [-0.05, 0) is 30.9 Å². The minimum absolute atomic E-state index is 0.0846. The lowest BCUT2D eigenvalue weighted by Crippen LogP contribution is -2.08. The van der Waals surface area contributed by atoms with Gasteiger partial charge in [0.15, 0.2) is 0 Å². The summed E-state index contributed by atoms with van der Waals surface area (Å²) in [5.74, 6) is 0.925. The molecule has 1 aromatic rings. The van der Waals surface area contributed by atoms with E-state index in [0.717, 1.165) is 12.8 Å². The molecule has 1 saturated carbocycles. The highest BCUT2D eigenvalue weighted by Crippen LogP contribution is 2.38. The van der Waals surface area contributed by atoms with Gasteiger partial charge in [-0.15, -0.1) is 0 Å². The summed E-state index contributed by atoms with van der Waals surface area (Å²) in [7, 11) is 1.35. The average molecular weight is 344 g/mol. The molecule has 0 amide bonds. The van der Waals surface area contributed by atoms with Crippen LogP contribution in [0.25, 0.3) is 0 Å². The molecule has 0 radical (unpaired) electrons. The van der Waals surface area contributed by atoms with Gasteiger partial charge >= 0.3 is 0 Å². The van der Waals surface area contributed by atoms with Gasteiger partial charge in [-0.3, -0.25) is 0 Å². The molecule has 19 heavy (non-hydrogen) atoms. The van der Waals surface area contributed by atoms with Crippen LogP contribution in [0, 0.1) is 5.92 Å². The molecule has 2 rings (SSSR count). The summed E-state index contributed by atoms with van der Waals surface area (Å²) in [6, 6.07) is 2.79. The molecule has 0 spiro atoms. The summed E-state index contributed by atoms with van der Waals surface area (Å²) >= 11 is 11.9. The van der Waals surface area contributed by atoms with Gasteiger partial charge in [-0.25, -0.2) is 8.42 Å². The van der Waals surface area contributed by atoms with Gasteiger partial charge in [-0.1, -0.05) is 36.0 Å². The van der Waals surface area contributed by atoms with Gasteiger partial charge in [0.05, 0.1) is 11.6 Å². The highest BCUT2D eigenvalue weighted by molar-refractivity contribution is 8.13. The van der Waals surface area contributed by atoms with Crippen molar-refractivity contribution >= 4 is 42.9 Å². The molecule has 1 fully saturated rings. The summed E-state index contributed by atoms with van der Waals surface area (Å²) < 4.78 is 28.1. The Balaban J connectivity index is 2.16. The Morgan fingerprint density at radius 1 is 1.16 bits per heavy atom. The SMILES string of the molecule is O=S(=O)(Cl)c1ccc(OCC2CCCC2)c(Cl)c1Cl. The van der Waals surface area contributed by atoms with E-state index < -0.39 is 9.05 Å². The van der Waals surface area contributed by atoms with Crippen LogP contribution >= 0.6 is 33.9 Å². The van der Waals surface area contributed by atoms with Gasteiger partial charge in [-0.2, -0.15) is 0 Å². The van der Waals surface area contributed by atoms with E-state index in [0.29, 0.717) is 18.3 Å². The molecule has 0 saturated heterocycles. The molecule has 7 heteroatoms. The van der Waals surface area contributed by atoms with Gasteiger partial charge in [0.1, 0.15) is 15.7 Å². The third-order valence-corrected chi connectivity index (χ3v) is 5.56. The largest absolute Gasteiger partial charge is 0.492 e. The average Bonchev–Trinajstić information content (AvgIpc) is 2.82. The fraction of sp³-hybridized carbons (Fsp3) is 0.500. The van der Waals surface area contributed by atoms with E-state index in [1.54, 1.807) is 0 Å². The van der Waals surface area contributed by atoms with Gasteiger partial charge in [0.2, 0.25) is 0 Å². The Hall–Kier alpha value is -0.160. The number of hydrogen-bond acceptors (Lipinski definition) is 3. The lowest BCUT2D eigenvalue weighted by Gasteiger charge is -2.14. The standard InChI is InChI=1S/C12H13Cl3O3S/c13-11-9(18-7-8-3-1-2-4-8)5-6-10(12(11)14)19(15,16)17/h5-6,8H,1-4,7H2. The molecule has 1 aliphatic carbocycles. The Morgan fingerprint density at radius 3 is 2.37 bits per heavy atom. The van der Waals surface area contributed by atoms with E-state index in [9.17, 15) is 8.42 Å². The van der Waals surface area contributed by atoms with Crippen LogP contribution in [0.2, 0.25) is 10.0 Å². The molecule has 0 aromatic heterocycles. The first-order valence-corrected chi connectivity index (χ1v) is 9.01. The summed E-state index contributed by atoms with van der Waals surface area (Å²) in [5.41, 5.74) is 0. The van der Waals surface area contributed by atoms with Gasteiger partial charge in [0.25, 0.3) is 9.05 Å². The van der Waals surface area contributed by atoms with E-state index in [2.05, 4.69) is 0 Å². The maximum atomic E-state index is 11.3. The van der Waals surface area contributed by atoms with Crippen LogP contribution in [0.1, 0.15) is 25.7 Å². The normalized spacial score (nSPS) is 16.8. The fourth-order valence-corrected chi connectivity index (χ4v) is 3.99. The molecule has 0 unspecified atom stereocenters. The molecule has 106 valence electrons. The third kappa shape index (κ3) is 3.69. The Morgan fingerprint density at radius 2 is 1.79 bits per heavy atom. The second-order valence-corrected chi connectivity index (χ2v) is 7.88. The molecular weight excluding hydrogens is 331 g/mol. The van der Waals surface area contributed by atoms with Crippen molar-refractivity contribution in [1.82, 2.24) is 0 Å². The fourth-order valence-electron chi connectivity index (χ4n) is 2.20. The van der Waals surface area contributed by atoms with Crippen molar-refractivity contribution in [3.8, 4) is 5.75 Å². The maximum Gasteiger partial charge on any atom is 0.262 e. The summed E-state index contributed by atoms with van der Waals surface area (Å²) in [4.78, 5) is -0.200. The lowest BCUT2D eigenvalue weighted by molar-refractivity contribution is 0.252. The first-order valence-electron chi connectivity index (χ1n) is 5.95. The van der Waals surface area contributed by atoms with Crippen molar-refractivity contribution in [1.29, 1.82) is 0 Å². The van der Waals surface area contributed by atoms with E-state index in [-0.39, 0.29) is 14.9 Å². The number of rotatable bonds is 4. The van der Waals surface area contributed by atoms with Crippen LogP contribution in [0.15, 0.2) is 17.0 Å². The molecule has 0 atom stereocenters. The van der Waals surface area contributed by atoms with E-state index in [1.807, 2.05) is 0 Å². The van der Waals surface area contributed by atoms with Crippen molar-refractivity contribution < 1.29 is 13.2 Å². The smallest absolute Gasteiger partial charge is 0.262 e. The zero-order chi connectivity index (χ0) is 14.0. The molecule has 1 aromatic carbocycles. The van der Waals surface area contributed by atoms with Crippen molar-refractivity contribution in [3.63, 3.8) is 0 Å². The van der Waals surface area contributed by atoms with Crippen molar-refractivity contribution in [3.05, 3.63) is 22.2 Å². The molecule has 1 aliphatic rings. The Kier molecular flexibility index (Phi) is 4.88. The molecule has 3 nitrogen and oxygen atoms in total. The van der Waals surface area contributed by atoms with Crippen molar-refractivity contribution in [2.75, 3.05) is 6.61 Å². The quantitative estimate of drug-likeness (QED) is 0.756. The monoisotopic (exact) mass is 342 g/mol. The van der Waals surface area contributed by atoms with E-state index in [1.165, 1.54) is 25.0 Å². The minimum Gasteiger partial charge on any atom is -0.492 e. The van der Waals surface area contributed by atoms with Gasteiger partial charge < -0.3 is 4.74 Å². The first kappa shape index (κ1) is 15.2. The van der Waals surface area contributed by atoms with E-state index >= 15 is 0 Å². The van der Waals surface area contributed by atoms with Crippen LogP contribution in [0.4, 0.5) is 0 Å². The topological polar surface area (TPSA) is 43.4 Å². The number of benzene rings is 1. The van der Waals surface area contributed by atoms with E-state index in [4.69, 9.17) is 38.6 Å². The molecule has 0 aliphatic heterocycles. The van der Waals surface area contributed by atoms with Crippen LogP contribution in [0.3, 0.4) is 0 Å². The highest BCUT2D eigenvalue weighted by atomic mass is 35.7. The second-order valence-electron chi connectivity index (χ2n) is 4.59. The van der Waals surface area contributed by atoms with Crippen molar-refractivity contribution in [2.45, 2.75) is 30.6 Å². The molecule has 0 bridgehead atoms. The van der Waals surface area contributed by atoms with Crippen LogP contribution in [0.5, 0.6) is 5.75 Å². The lowest BCUT2D eigenvalue weighted by atomic mass is 10.1. The maximum absolute atomic E-state index is 11.3. The Labute approximate surface area is 127 Å². The Bertz CT molecular complexity index is 566.